The van der Waals surface area contributed by atoms with Crippen LogP contribution in [0.4, 0.5) is 0 Å². The largest absolute Gasteiger partial charge is 0.366 e. The highest BCUT2D eigenvalue weighted by atomic mass is 15.0. The van der Waals surface area contributed by atoms with Crippen LogP contribution in [-0.4, -0.2) is 12.9 Å². The molecule has 0 amide bonds. The van der Waals surface area contributed by atoms with E-state index in [9.17, 15) is 0 Å². The summed E-state index contributed by atoms with van der Waals surface area (Å²) in [5.41, 5.74) is 2.62. The Morgan fingerprint density at radius 1 is 1.50 bits per heavy atom. The van der Waals surface area contributed by atoms with Crippen molar-refractivity contribution in [2.75, 3.05) is 6.67 Å². The standard InChI is InChI=1S/C8H10N2/c1-2-4-8-7(3-1)5-9-6-10-8/h2,4-5,10H,1,3,6H2. The fourth-order valence-corrected chi connectivity index (χ4v) is 1.27. The Morgan fingerprint density at radius 2 is 2.50 bits per heavy atom. The van der Waals surface area contributed by atoms with E-state index >= 15 is 0 Å². The molecule has 0 aromatic rings. The molecule has 0 aromatic carbocycles. The minimum Gasteiger partial charge on any atom is -0.366 e. The monoisotopic (exact) mass is 134 g/mol. The number of aliphatic imine (C=N–C) groups is 1. The van der Waals surface area contributed by atoms with Gasteiger partial charge in [0.2, 0.25) is 0 Å². The zero-order valence-electron chi connectivity index (χ0n) is 5.80. The Hall–Kier alpha value is -1.05. The van der Waals surface area contributed by atoms with E-state index in [0.29, 0.717) is 0 Å². The summed E-state index contributed by atoms with van der Waals surface area (Å²) in [5, 5.41) is 3.22. The van der Waals surface area contributed by atoms with Gasteiger partial charge in [0.25, 0.3) is 0 Å². The van der Waals surface area contributed by atoms with Crippen LogP contribution in [0.1, 0.15) is 12.8 Å². The van der Waals surface area contributed by atoms with E-state index in [1.54, 1.807) is 0 Å². The third kappa shape index (κ3) is 0.856. The molecule has 2 aliphatic rings. The van der Waals surface area contributed by atoms with Gasteiger partial charge >= 0.3 is 0 Å². The molecule has 0 saturated heterocycles. The summed E-state index contributed by atoms with van der Waals surface area (Å²) in [6.45, 7) is 0.739. The smallest absolute Gasteiger partial charge is 0.107 e. The van der Waals surface area contributed by atoms with Crippen LogP contribution in [0, 0.1) is 0 Å². The van der Waals surface area contributed by atoms with E-state index in [2.05, 4.69) is 22.5 Å². The average Bonchev–Trinajstić information content (AvgIpc) is 2.05. The van der Waals surface area contributed by atoms with Crippen LogP contribution in [0.3, 0.4) is 0 Å². The first-order chi connectivity index (χ1) is 4.97. The molecule has 1 aliphatic heterocycles. The molecule has 0 spiro atoms. The van der Waals surface area contributed by atoms with E-state index < -0.39 is 0 Å². The molecule has 0 saturated carbocycles. The summed E-state index contributed by atoms with van der Waals surface area (Å²) in [4.78, 5) is 4.13. The highest BCUT2D eigenvalue weighted by molar-refractivity contribution is 5.81. The first-order valence-corrected chi connectivity index (χ1v) is 3.60. The maximum absolute atomic E-state index is 4.13. The average molecular weight is 134 g/mol. The fraction of sp³-hybridized carbons (Fsp3) is 0.375. The molecule has 1 N–H and O–H groups in total. The predicted octanol–water partition coefficient (Wildman–Crippen LogP) is 1.22. The first kappa shape index (κ1) is 5.71. The minimum atomic E-state index is 0.739. The maximum Gasteiger partial charge on any atom is 0.107 e. The molecule has 0 radical (unpaired) electrons. The Morgan fingerprint density at radius 3 is 3.40 bits per heavy atom. The van der Waals surface area contributed by atoms with Crippen LogP contribution in [0.2, 0.25) is 0 Å². The van der Waals surface area contributed by atoms with Gasteiger partial charge in [-0.2, -0.15) is 0 Å². The van der Waals surface area contributed by atoms with Gasteiger partial charge in [-0.15, -0.1) is 0 Å². The lowest BCUT2D eigenvalue weighted by molar-refractivity contribution is 0.800. The summed E-state index contributed by atoms with van der Waals surface area (Å²) in [7, 11) is 0. The van der Waals surface area contributed by atoms with Gasteiger partial charge in [-0.3, -0.25) is 4.99 Å². The SMILES string of the molecule is C1=CC2=C(C=NCN2)CC1. The molecule has 1 heterocycles. The quantitative estimate of drug-likeness (QED) is 0.529. The number of hydrogen-bond acceptors (Lipinski definition) is 2. The van der Waals surface area contributed by atoms with Gasteiger partial charge in [0.05, 0.1) is 0 Å². The molecule has 2 nitrogen and oxygen atoms in total. The van der Waals surface area contributed by atoms with Crippen molar-refractivity contribution in [1.82, 2.24) is 5.32 Å². The number of rotatable bonds is 0. The Bertz CT molecular complexity index is 199. The van der Waals surface area contributed by atoms with Crippen molar-refractivity contribution in [3.05, 3.63) is 23.4 Å². The van der Waals surface area contributed by atoms with Crippen LogP contribution >= 0.6 is 0 Å². The number of allylic oxidation sites excluding steroid dienone is 3. The van der Waals surface area contributed by atoms with Crippen molar-refractivity contribution in [3.63, 3.8) is 0 Å². The summed E-state index contributed by atoms with van der Waals surface area (Å²) < 4.78 is 0. The van der Waals surface area contributed by atoms with Crippen molar-refractivity contribution >= 4 is 6.21 Å². The highest BCUT2D eigenvalue weighted by Crippen LogP contribution is 2.16. The van der Waals surface area contributed by atoms with Gasteiger partial charge in [-0.05, 0) is 24.5 Å². The summed E-state index contributed by atoms with van der Waals surface area (Å²) in [6.07, 6.45) is 8.62. The summed E-state index contributed by atoms with van der Waals surface area (Å²) in [6, 6.07) is 0. The van der Waals surface area contributed by atoms with E-state index in [4.69, 9.17) is 0 Å². The van der Waals surface area contributed by atoms with Gasteiger partial charge in [0.15, 0.2) is 0 Å². The van der Waals surface area contributed by atoms with E-state index in [1.807, 2.05) is 6.21 Å². The van der Waals surface area contributed by atoms with Crippen LogP contribution < -0.4 is 5.32 Å². The summed E-state index contributed by atoms with van der Waals surface area (Å²) in [5.74, 6) is 0. The molecule has 52 valence electrons. The van der Waals surface area contributed by atoms with E-state index in [-0.39, 0.29) is 0 Å². The zero-order chi connectivity index (χ0) is 6.81. The summed E-state index contributed by atoms with van der Waals surface area (Å²) >= 11 is 0. The second kappa shape index (κ2) is 2.29. The lowest BCUT2D eigenvalue weighted by atomic mass is 10.0. The molecule has 0 fully saturated rings. The van der Waals surface area contributed by atoms with Crippen LogP contribution in [0.15, 0.2) is 28.4 Å². The van der Waals surface area contributed by atoms with Crippen molar-refractivity contribution in [2.45, 2.75) is 12.8 Å². The number of nitrogens with zero attached hydrogens (tertiary/aromatic N) is 1. The normalized spacial score (nSPS) is 22.4. The van der Waals surface area contributed by atoms with E-state index in [1.165, 1.54) is 11.3 Å². The van der Waals surface area contributed by atoms with Crippen molar-refractivity contribution in [1.29, 1.82) is 0 Å². The topological polar surface area (TPSA) is 24.4 Å². The van der Waals surface area contributed by atoms with Crippen LogP contribution in [0.5, 0.6) is 0 Å². The van der Waals surface area contributed by atoms with Crippen LogP contribution in [0.25, 0.3) is 0 Å². The molecule has 0 bridgehead atoms. The minimum absolute atomic E-state index is 0.739. The fourth-order valence-electron chi connectivity index (χ4n) is 1.27. The van der Waals surface area contributed by atoms with Crippen molar-refractivity contribution in [3.8, 4) is 0 Å². The molecule has 2 rings (SSSR count). The molecule has 1 aliphatic carbocycles. The molecule has 0 atom stereocenters. The predicted molar refractivity (Wildman–Crippen MR) is 41.9 cm³/mol. The van der Waals surface area contributed by atoms with Crippen molar-refractivity contribution < 1.29 is 0 Å². The number of hydrogen-bond donors (Lipinski definition) is 1. The van der Waals surface area contributed by atoms with Crippen molar-refractivity contribution in [2.24, 2.45) is 4.99 Å². The molecular formula is C8H10N2. The Labute approximate surface area is 60.3 Å². The molecule has 0 unspecified atom stereocenters. The second-order valence-electron chi connectivity index (χ2n) is 2.53. The Balaban J connectivity index is 2.32. The highest BCUT2D eigenvalue weighted by Gasteiger charge is 2.07. The van der Waals surface area contributed by atoms with Gasteiger partial charge < -0.3 is 5.32 Å². The molecule has 10 heavy (non-hydrogen) atoms. The van der Waals surface area contributed by atoms with Gasteiger partial charge in [-0.1, -0.05) is 6.08 Å². The first-order valence-electron chi connectivity index (χ1n) is 3.60. The number of nitrogens with one attached hydrogen (secondary N) is 1. The molecule has 2 heteroatoms. The van der Waals surface area contributed by atoms with E-state index in [0.717, 1.165) is 19.5 Å². The van der Waals surface area contributed by atoms with Gasteiger partial charge in [-0.25, -0.2) is 0 Å². The van der Waals surface area contributed by atoms with Gasteiger partial charge in [0.1, 0.15) is 6.67 Å². The second-order valence-corrected chi connectivity index (χ2v) is 2.53. The van der Waals surface area contributed by atoms with Gasteiger partial charge in [0, 0.05) is 11.9 Å². The lowest BCUT2D eigenvalue weighted by Crippen LogP contribution is -2.20. The Kier molecular flexibility index (Phi) is 1.31. The molecule has 0 aromatic heterocycles. The molecular weight excluding hydrogens is 124 g/mol. The van der Waals surface area contributed by atoms with Crippen LogP contribution in [-0.2, 0) is 0 Å². The lowest BCUT2D eigenvalue weighted by Gasteiger charge is -2.16. The zero-order valence-corrected chi connectivity index (χ0v) is 5.80. The third-order valence-electron chi connectivity index (χ3n) is 1.82. The maximum atomic E-state index is 4.13. The third-order valence-corrected chi connectivity index (χ3v) is 1.82.